The van der Waals surface area contributed by atoms with Crippen LogP contribution in [0.15, 0.2) is 22.6 Å². The Kier molecular flexibility index (Phi) is 5.36. The second-order valence-corrected chi connectivity index (χ2v) is 7.96. The van der Waals surface area contributed by atoms with E-state index >= 15 is 0 Å². The molecule has 1 aromatic carbocycles. The van der Waals surface area contributed by atoms with E-state index in [1.807, 2.05) is 0 Å². The topological polar surface area (TPSA) is 123 Å². The van der Waals surface area contributed by atoms with Gasteiger partial charge in [-0.15, -0.1) is 0 Å². The molecular formula is C16H19NO7S. The average molecular weight is 369 g/mol. The summed E-state index contributed by atoms with van der Waals surface area (Å²) in [7, 11) is -1.84. The minimum Gasteiger partial charge on any atom is -0.497 e. The monoisotopic (exact) mass is 369 g/mol. The van der Waals surface area contributed by atoms with Crippen LogP contribution >= 0.6 is 0 Å². The highest BCUT2D eigenvalue weighted by Gasteiger charge is 2.25. The maximum atomic E-state index is 12.4. The quantitative estimate of drug-likeness (QED) is 0.755. The number of carbonyl (C=O) groups excluding carboxylic acids is 1. The summed E-state index contributed by atoms with van der Waals surface area (Å²) in [5, 5.41) is 12.2. The van der Waals surface area contributed by atoms with E-state index in [-0.39, 0.29) is 17.9 Å². The standard InChI is InChI=1S/C16H19NO7S/c1-9-11-5-4-10(23-2)8-13(11)24-14(9)15(18)17-12(16(19)20)6-7-25(3,21)22/h4-5,8,12H,6-7H2,1-3H3,(H,17,18)(H,19,20)/t12-/m0/s1. The summed E-state index contributed by atoms with van der Waals surface area (Å²) in [6.07, 6.45) is 0.775. The number of carboxylic acid groups (broad SMARTS) is 1. The summed E-state index contributed by atoms with van der Waals surface area (Å²) in [6.45, 7) is 1.68. The summed E-state index contributed by atoms with van der Waals surface area (Å²) >= 11 is 0. The third kappa shape index (κ3) is 4.50. The molecule has 0 fully saturated rings. The molecule has 0 bridgehead atoms. The number of aliphatic carboxylic acids is 1. The summed E-state index contributed by atoms with van der Waals surface area (Å²) in [4.78, 5) is 23.6. The molecule has 8 nitrogen and oxygen atoms in total. The van der Waals surface area contributed by atoms with Gasteiger partial charge in [0, 0.05) is 23.3 Å². The fourth-order valence-electron chi connectivity index (χ4n) is 2.36. The number of hydrogen-bond donors (Lipinski definition) is 2. The predicted octanol–water partition coefficient (Wildman–Crippen LogP) is 1.37. The molecule has 1 amide bonds. The lowest BCUT2D eigenvalue weighted by atomic mass is 10.1. The molecule has 0 unspecified atom stereocenters. The number of carboxylic acids is 1. The van der Waals surface area contributed by atoms with E-state index in [9.17, 15) is 23.1 Å². The molecule has 2 rings (SSSR count). The van der Waals surface area contributed by atoms with Crippen molar-refractivity contribution in [2.24, 2.45) is 0 Å². The summed E-state index contributed by atoms with van der Waals surface area (Å²) in [6, 6.07) is 3.75. The van der Waals surface area contributed by atoms with Crippen LogP contribution < -0.4 is 10.1 Å². The smallest absolute Gasteiger partial charge is 0.326 e. The maximum absolute atomic E-state index is 12.4. The first kappa shape index (κ1) is 18.8. The minimum absolute atomic E-state index is 0.0196. The van der Waals surface area contributed by atoms with Gasteiger partial charge in [0.05, 0.1) is 12.9 Å². The molecule has 1 atom stereocenters. The third-order valence-electron chi connectivity index (χ3n) is 3.73. The SMILES string of the molecule is COc1ccc2c(C)c(C(=O)N[C@@H](CCS(C)(=O)=O)C(=O)O)oc2c1. The van der Waals surface area contributed by atoms with Crippen LogP contribution in [0.1, 0.15) is 22.5 Å². The van der Waals surface area contributed by atoms with Crippen LogP contribution in [0, 0.1) is 6.92 Å². The molecule has 0 aliphatic heterocycles. The zero-order valence-corrected chi connectivity index (χ0v) is 14.8. The van der Waals surface area contributed by atoms with Crippen molar-refractivity contribution in [2.45, 2.75) is 19.4 Å². The Hall–Kier alpha value is -2.55. The van der Waals surface area contributed by atoms with E-state index in [1.54, 1.807) is 25.1 Å². The van der Waals surface area contributed by atoms with Gasteiger partial charge < -0.3 is 19.6 Å². The normalized spacial score (nSPS) is 12.8. The van der Waals surface area contributed by atoms with Crippen molar-refractivity contribution >= 4 is 32.7 Å². The zero-order chi connectivity index (χ0) is 18.8. The fraction of sp³-hybridized carbons (Fsp3) is 0.375. The first-order chi connectivity index (χ1) is 11.6. The second-order valence-electron chi connectivity index (χ2n) is 5.70. The van der Waals surface area contributed by atoms with Gasteiger partial charge in [0.1, 0.15) is 27.2 Å². The predicted molar refractivity (Wildman–Crippen MR) is 90.7 cm³/mol. The van der Waals surface area contributed by atoms with Gasteiger partial charge in [-0.2, -0.15) is 0 Å². The molecule has 136 valence electrons. The number of methoxy groups -OCH3 is 1. The zero-order valence-electron chi connectivity index (χ0n) is 14.0. The number of aryl methyl sites for hydroxylation is 1. The van der Waals surface area contributed by atoms with E-state index < -0.39 is 27.8 Å². The number of benzene rings is 1. The molecular weight excluding hydrogens is 350 g/mol. The van der Waals surface area contributed by atoms with E-state index in [0.717, 1.165) is 6.26 Å². The number of carbonyl (C=O) groups is 2. The van der Waals surface area contributed by atoms with Crippen molar-refractivity contribution in [2.75, 3.05) is 19.1 Å². The largest absolute Gasteiger partial charge is 0.497 e. The first-order valence-electron chi connectivity index (χ1n) is 7.41. The van der Waals surface area contributed by atoms with Crippen LogP contribution in [0.3, 0.4) is 0 Å². The van der Waals surface area contributed by atoms with Crippen LogP contribution in [0.25, 0.3) is 11.0 Å². The molecule has 0 saturated carbocycles. The van der Waals surface area contributed by atoms with Crippen molar-refractivity contribution < 1.29 is 32.3 Å². The molecule has 1 aromatic heterocycles. The Balaban J connectivity index is 2.25. The van der Waals surface area contributed by atoms with Crippen LogP contribution in [0.2, 0.25) is 0 Å². The highest BCUT2D eigenvalue weighted by atomic mass is 32.2. The van der Waals surface area contributed by atoms with Gasteiger partial charge in [-0.1, -0.05) is 0 Å². The molecule has 0 radical (unpaired) electrons. The highest BCUT2D eigenvalue weighted by molar-refractivity contribution is 7.90. The van der Waals surface area contributed by atoms with Crippen LogP contribution in [0.4, 0.5) is 0 Å². The first-order valence-corrected chi connectivity index (χ1v) is 9.47. The molecule has 2 N–H and O–H groups in total. The van der Waals surface area contributed by atoms with Crippen molar-refractivity contribution in [3.63, 3.8) is 0 Å². The van der Waals surface area contributed by atoms with Gasteiger partial charge >= 0.3 is 5.97 Å². The van der Waals surface area contributed by atoms with Crippen LogP contribution in [-0.4, -0.2) is 50.6 Å². The van der Waals surface area contributed by atoms with Crippen LogP contribution in [-0.2, 0) is 14.6 Å². The lowest BCUT2D eigenvalue weighted by Gasteiger charge is -2.13. The number of nitrogens with one attached hydrogen (secondary N) is 1. The Labute approximate surface area is 144 Å². The Morgan fingerprint density at radius 1 is 1.36 bits per heavy atom. The summed E-state index contributed by atoms with van der Waals surface area (Å²) < 4.78 is 33.0. The lowest BCUT2D eigenvalue weighted by molar-refractivity contribution is -0.139. The number of rotatable bonds is 7. The molecule has 0 aliphatic rings. The van der Waals surface area contributed by atoms with Crippen molar-refractivity contribution in [1.82, 2.24) is 5.32 Å². The van der Waals surface area contributed by atoms with Gasteiger partial charge in [0.15, 0.2) is 5.76 Å². The molecule has 0 saturated heterocycles. The number of ether oxygens (including phenoxy) is 1. The van der Waals surface area contributed by atoms with Gasteiger partial charge in [-0.3, -0.25) is 4.79 Å². The van der Waals surface area contributed by atoms with Gasteiger partial charge in [0.25, 0.3) is 5.91 Å². The van der Waals surface area contributed by atoms with E-state index in [2.05, 4.69) is 5.32 Å². The van der Waals surface area contributed by atoms with Crippen LogP contribution in [0.5, 0.6) is 5.75 Å². The third-order valence-corrected chi connectivity index (χ3v) is 4.71. The number of sulfone groups is 1. The average Bonchev–Trinajstić information content (AvgIpc) is 2.86. The highest BCUT2D eigenvalue weighted by Crippen LogP contribution is 2.28. The summed E-state index contributed by atoms with van der Waals surface area (Å²) in [5.41, 5.74) is 0.993. The molecule has 25 heavy (non-hydrogen) atoms. The molecule has 2 aromatic rings. The lowest BCUT2D eigenvalue weighted by Crippen LogP contribution is -2.42. The van der Waals surface area contributed by atoms with Gasteiger partial charge in [-0.05, 0) is 25.5 Å². The fourth-order valence-corrected chi connectivity index (χ4v) is 3.03. The van der Waals surface area contributed by atoms with Crippen molar-refractivity contribution in [3.05, 3.63) is 29.5 Å². The van der Waals surface area contributed by atoms with E-state index in [0.29, 0.717) is 22.3 Å². The number of hydrogen-bond acceptors (Lipinski definition) is 6. The second kappa shape index (κ2) is 7.14. The van der Waals surface area contributed by atoms with Crippen molar-refractivity contribution in [3.8, 4) is 5.75 Å². The molecule has 0 spiro atoms. The Bertz CT molecular complexity index is 914. The summed E-state index contributed by atoms with van der Waals surface area (Å²) in [5.74, 6) is -1.83. The maximum Gasteiger partial charge on any atom is 0.326 e. The Morgan fingerprint density at radius 2 is 2.04 bits per heavy atom. The van der Waals surface area contributed by atoms with E-state index in [1.165, 1.54) is 7.11 Å². The van der Waals surface area contributed by atoms with E-state index in [4.69, 9.17) is 9.15 Å². The minimum atomic E-state index is -3.34. The molecule has 1 heterocycles. The van der Waals surface area contributed by atoms with Gasteiger partial charge in [0.2, 0.25) is 0 Å². The number of furan rings is 1. The Morgan fingerprint density at radius 3 is 2.60 bits per heavy atom. The molecule has 9 heteroatoms. The molecule has 0 aliphatic carbocycles. The van der Waals surface area contributed by atoms with Gasteiger partial charge in [-0.25, -0.2) is 13.2 Å². The number of amides is 1. The van der Waals surface area contributed by atoms with Crippen molar-refractivity contribution in [1.29, 1.82) is 0 Å². The number of fused-ring (bicyclic) bond motifs is 1.